The molecule has 2 aromatic rings. The first-order valence-electron chi connectivity index (χ1n) is 11.4. The molecule has 1 fully saturated rings. The van der Waals surface area contributed by atoms with Crippen molar-refractivity contribution >= 4 is 31.2 Å². The number of nitrogens with zero attached hydrogens (tertiary/aromatic N) is 3. The summed E-state index contributed by atoms with van der Waals surface area (Å²) in [5, 5.41) is 3.12. The fraction of sp³-hybridized carbons (Fsp3) is 0.609. The summed E-state index contributed by atoms with van der Waals surface area (Å²) in [5.74, 6) is -0.717. The van der Waals surface area contributed by atoms with Crippen molar-refractivity contribution in [2.45, 2.75) is 76.7 Å². The number of nitrogens with one attached hydrogen (secondary N) is 1. The summed E-state index contributed by atoms with van der Waals surface area (Å²) in [6.07, 6.45) is 5.18. The number of thiazole rings is 1. The smallest absolute Gasteiger partial charge is 0.263 e. The molecule has 0 aliphatic carbocycles. The van der Waals surface area contributed by atoms with Crippen LogP contribution < -0.4 is 10.2 Å². The van der Waals surface area contributed by atoms with E-state index in [4.69, 9.17) is 4.43 Å². The summed E-state index contributed by atoms with van der Waals surface area (Å²) >= 11 is 1.32. The highest BCUT2D eigenvalue weighted by atomic mass is 32.1. The molecule has 0 saturated carbocycles. The van der Waals surface area contributed by atoms with Crippen LogP contribution in [0, 0.1) is 5.95 Å². The first kappa shape index (κ1) is 23.3. The minimum absolute atomic E-state index is 0.137. The number of anilines is 1. The SMILES string of the molecule is CC(C)(C)[Si](C)(C)OCC1CCCCN1c1ccnc(F)c1C1Cc2ncsc2C(=O)N1. The van der Waals surface area contributed by atoms with E-state index in [0.717, 1.165) is 37.2 Å². The van der Waals surface area contributed by atoms with Crippen LogP contribution in [-0.4, -0.2) is 43.4 Å². The van der Waals surface area contributed by atoms with Crippen molar-refractivity contribution in [3.8, 4) is 0 Å². The quantitative estimate of drug-likeness (QED) is 0.481. The number of carbonyl (C=O) groups excluding carboxylic acids is 1. The molecule has 4 rings (SSSR count). The summed E-state index contributed by atoms with van der Waals surface area (Å²) < 4.78 is 21.7. The molecule has 1 N–H and O–H groups in total. The lowest BCUT2D eigenvalue weighted by Gasteiger charge is -2.43. The third-order valence-corrected chi connectivity index (χ3v) is 12.6. The number of hydrogen-bond acceptors (Lipinski definition) is 6. The Bertz CT molecular complexity index is 991. The standard InChI is InChI=1S/C23H33FN4O2SSi/c1-23(2,3)32(4,5)30-13-15-8-6-7-11-28(15)18-9-10-25-21(24)19(18)16-12-17-20(22(29)27-16)31-14-26-17/h9-10,14-16H,6-8,11-13H2,1-5H3,(H,27,29). The van der Waals surface area contributed by atoms with E-state index >= 15 is 4.39 Å². The lowest BCUT2D eigenvalue weighted by molar-refractivity contribution is 0.0928. The van der Waals surface area contributed by atoms with E-state index < -0.39 is 20.3 Å². The van der Waals surface area contributed by atoms with E-state index in [0.29, 0.717) is 23.5 Å². The number of pyridine rings is 1. The van der Waals surface area contributed by atoms with Crippen molar-refractivity contribution in [1.82, 2.24) is 15.3 Å². The molecule has 1 saturated heterocycles. The van der Waals surface area contributed by atoms with Gasteiger partial charge in [-0.25, -0.2) is 9.97 Å². The van der Waals surface area contributed by atoms with Gasteiger partial charge in [0, 0.05) is 24.8 Å². The molecule has 4 heterocycles. The number of piperidine rings is 1. The van der Waals surface area contributed by atoms with Gasteiger partial charge in [-0.2, -0.15) is 4.39 Å². The number of rotatable bonds is 5. The van der Waals surface area contributed by atoms with Crippen LogP contribution in [0.1, 0.15) is 67.0 Å². The molecule has 0 aromatic carbocycles. The van der Waals surface area contributed by atoms with Gasteiger partial charge in [-0.1, -0.05) is 20.8 Å². The molecule has 2 aromatic heterocycles. The van der Waals surface area contributed by atoms with Gasteiger partial charge < -0.3 is 14.6 Å². The van der Waals surface area contributed by atoms with Gasteiger partial charge in [-0.05, 0) is 43.5 Å². The van der Waals surface area contributed by atoms with Crippen molar-refractivity contribution in [3.05, 3.63) is 39.9 Å². The summed E-state index contributed by atoms with van der Waals surface area (Å²) in [6.45, 7) is 12.7. The van der Waals surface area contributed by atoms with Crippen LogP contribution in [0.5, 0.6) is 0 Å². The molecule has 0 radical (unpaired) electrons. The predicted molar refractivity (Wildman–Crippen MR) is 128 cm³/mol. The van der Waals surface area contributed by atoms with Crippen LogP contribution in [0.15, 0.2) is 17.8 Å². The minimum atomic E-state index is -1.89. The molecule has 174 valence electrons. The zero-order valence-corrected chi connectivity index (χ0v) is 21.4. The predicted octanol–water partition coefficient (Wildman–Crippen LogP) is 5.09. The average Bonchev–Trinajstić information content (AvgIpc) is 3.21. The number of hydrogen-bond donors (Lipinski definition) is 1. The summed E-state index contributed by atoms with van der Waals surface area (Å²) in [5.41, 5.74) is 3.67. The van der Waals surface area contributed by atoms with Crippen molar-refractivity contribution in [2.75, 3.05) is 18.1 Å². The third kappa shape index (κ3) is 4.47. The van der Waals surface area contributed by atoms with Gasteiger partial charge in [-0.3, -0.25) is 4.79 Å². The maximum absolute atomic E-state index is 15.1. The zero-order chi connectivity index (χ0) is 23.1. The van der Waals surface area contributed by atoms with Gasteiger partial charge in [0.25, 0.3) is 5.91 Å². The largest absolute Gasteiger partial charge is 0.415 e. The van der Waals surface area contributed by atoms with Crippen LogP contribution in [-0.2, 0) is 10.8 Å². The van der Waals surface area contributed by atoms with Gasteiger partial charge in [-0.15, -0.1) is 11.3 Å². The molecule has 32 heavy (non-hydrogen) atoms. The van der Waals surface area contributed by atoms with Crippen LogP contribution in [0.25, 0.3) is 0 Å². The Morgan fingerprint density at radius 3 is 2.84 bits per heavy atom. The molecule has 0 bridgehead atoms. The third-order valence-electron chi connectivity index (χ3n) is 7.20. The van der Waals surface area contributed by atoms with Gasteiger partial charge in [0.2, 0.25) is 5.95 Å². The summed E-state index contributed by atoms with van der Waals surface area (Å²) in [6, 6.07) is 1.57. The topological polar surface area (TPSA) is 67.3 Å². The summed E-state index contributed by atoms with van der Waals surface area (Å²) in [7, 11) is -1.89. The van der Waals surface area contributed by atoms with Crippen molar-refractivity contribution < 1.29 is 13.6 Å². The number of fused-ring (bicyclic) bond motifs is 1. The number of carbonyl (C=O) groups is 1. The fourth-order valence-corrected chi connectivity index (χ4v) is 6.03. The second kappa shape index (κ2) is 8.83. The van der Waals surface area contributed by atoms with Gasteiger partial charge in [0.15, 0.2) is 8.32 Å². The van der Waals surface area contributed by atoms with E-state index in [9.17, 15) is 4.79 Å². The van der Waals surface area contributed by atoms with Crippen LogP contribution >= 0.6 is 11.3 Å². The second-order valence-corrected chi connectivity index (χ2v) is 16.0. The first-order chi connectivity index (χ1) is 15.1. The van der Waals surface area contributed by atoms with E-state index in [2.05, 4.69) is 54.0 Å². The van der Waals surface area contributed by atoms with Gasteiger partial charge in [0.05, 0.1) is 35.5 Å². The van der Waals surface area contributed by atoms with Gasteiger partial charge in [0.1, 0.15) is 4.88 Å². The van der Waals surface area contributed by atoms with Crippen LogP contribution in [0.4, 0.5) is 10.1 Å². The maximum Gasteiger partial charge on any atom is 0.263 e. The highest BCUT2D eigenvalue weighted by molar-refractivity contribution is 7.11. The molecule has 2 unspecified atom stereocenters. The normalized spacial score (nSPS) is 21.9. The fourth-order valence-electron chi connectivity index (χ4n) is 4.26. The lowest BCUT2D eigenvalue weighted by atomic mass is 9.95. The van der Waals surface area contributed by atoms with E-state index in [1.54, 1.807) is 5.51 Å². The Morgan fingerprint density at radius 1 is 1.31 bits per heavy atom. The Balaban J connectivity index is 1.63. The minimum Gasteiger partial charge on any atom is -0.415 e. The molecule has 0 spiro atoms. The number of halogens is 1. The number of amides is 1. The van der Waals surface area contributed by atoms with E-state index in [-0.39, 0.29) is 17.0 Å². The van der Waals surface area contributed by atoms with E-state index in [1.165, 1.54) is 17.5 Å². The second-order valence-electron chi connectivity index (χ2n) is 10.3. The number of aromatic nitrogens is 2. The molecule has 1 amide bonds. The Kier molecular flexibility index (Phi) is 6.44. The summed E-state index contributed by atoms with van der Waals surface area (Å²) in [4.78, 5) is 23.8. The Morgan fingerprint density at radius 2 is 2.09 bits per heavy atom. The molecule has 6 nitrogen and oxygen atoms in total. The van der Waals surface area contributed by atoms with Crippen molar-refractivity contribution in [3.63, 3.8) is 0 Å². The highest BCUT2D eigenvalue weighted by Gasteiger charge is 2.39. The first-order valence-corrected chi connectivity index (χ1v) is 15.2. The molecular weight excluding hydrogens is 443 g/mol. The van der Waals surface area contributed by atoms with Crippen LogP contribution in [0.3, 0.4) is 0 Å². The highest BCUT2D eigenvalue weighted by Crippen LogP contribution is 2.39. The molecular formula is C23H33FN4O2SSi. The van der Waals surface area contributed by atoms with Gasteiger partial charge >= 0.3 is 0 Å². The Labute approximate surface area is 194 Å². The molecule has 9 heteroatoms. The average molecular weight is 477 g/mol. The Hall–Kier alpha value is -1.84. The lowest BCUT2D eigenvalue weighted by Crippen LogP contribution is -2.48. The zero-order valence-electron chi connectivity index (χ0n) is 19.6. The van der Waals surface area contributed by atoms with Crippen LogP contribution in [0.2, 0.25) is 18.1 Å². The molecule has 2 aliphatic rings. The molecule has 2 atom stereocenters. The maximum atomic E-state index is 15.1. The monoisotopic (exact) mass is 476 g/mol. The molecule has 2 aliphatic heterocycles. The van der Waals surface area contributed by atoms with Crippen molar-refractivity contribution in [1.29, 1.82) is 0 Å². The van der Waals surface area contributed by atoms with Crippen molar-refractivity contribution in [2.24, 2.45) is 0 Å². The van der Waals surface area contributed by atoms with E-state index in [1.807, 2.05) is 6.07 Å².